The molecule has 0 aromatic rings. The number of carboxylic acids is 1. The van der Waals surface area contributed by atoms with Crippen molar-refractivity contribution in [2.24, 2.45) is 0 Å². The Morgan fingerprint density at radius 1 is 0.636 bits per heavy atom. The van der Waals surface area contributed by atoms with E-state index in [1.807, 2.05) is 0 Å². The summed E-state index contributed by atoms with van der Waals surface area (Å²) in [6.07, 6.45) is 17.0. The maximum Gasteiger partial charge on any atom is 0.0782 e. The van der Waals surface area contributed by atoms with Gasteiger partial charge in [0, 0.05) is 0 Å². The van der Waals surface area contributed by atoms with Gasteiger partial charge in [0.2, 0.25) is 0 Å². The summed E-state index contributed by atoms with van der Waals surface area (Å²) in [5.74, 6) is -1.19. The lowest BCUT2D eigenvalue weighted by Gasteiger charge is -2.28. The van der Waals surface area contributed by atoms with E-state index in [0.29, 0.717) is 0 Å². The third-order valence-electron chi connectivity index (χ3n) is 6.29. The highest BCUT2D eigenvalue weighted by Crippen LogP contribution is 2.08. The number of nitrogens with zero attached hydrogens (tertiary/aromatic N) is 2. The smallest absolute Gasteiger partial charge is 0.0782 e. The van der Waals surface area contributed by atoms with Crippen molar-refractivity contribution in [1.29, 1.82) is 0 Å². The molecule has 0 fully saturated rings. The average Bonchev–Trinajstić information content (AvgIpc) is 2.74. The van der Waals surface area contributed by atoms with E-state index in [-0.39, 0.29) is 18.0 Å². The SMILES string of the molecule is C=C(C)C(=O)[O-].CCCCCCCC[N+](C)(C)CC.CCCCCCCC[N+](C)(C)CC.[Cl-]. The van der Waals surface area contributed by atoms with E-state index in [9.17, 15) is 9.90 Å². The fourth-order valence-corrected chi connectivity index (χ4v) is 2.96. The van der Waals surface area contributed by atoms with Crippen LogP contribution in [0.3, 0.4) is 0 Å². The van der Waals surface area contributed by atoms with Crippen molar-refractivity contribution in [3.8, 4) is 0 Å². The first kappa shape index (κ1) is 39.6. The molecule has 0 saturated heterocycles. The first-order valence-electron chi connectivity index (χ1n) is 13.4. The highest BCUT2D eigenvalue weighted by Gasteiger charge is 2.10. The van der Waals surface area contributed by atoms with E-state index >= 15 is 0 Å². The van der Waals surface area contributed by atoms with Crippen LogP contribution in [0, 0.1) is 0 Å². The zero-order valence-corrected chi connectivity index (χ0v) is 24.9. The number of carboxylic acid groups (broad SMARTS) is 1. The molecule has 0 aliphatic carbocycles. The van der Waals surface area contributed by atoms with Crippen LogP contribution in [0.1, 0.15) is 112 Å². The second-order valence-corrected chi connectivity index (χ2v) is 10.6. The maximum atomic E-state index is 9.49. The van der Waals surface area contributed by atoms with Gasteiger partial charge in [-0.05, 0) is 52.0 Å². The van der Waals surface area contributed by atoms with Crippen molar-refractivity contribution in [1.82, 2.24) is 0 Å². The molecular weight excluding hydrogens is 432 g/mol. The number of rotatable bonds is 17. The number of quaternary nitrogens is 2. The lowest BCUT2D eigenvalue weighted by Crippen LogP contribution is -3.00. The Labute approximate surface area is 215 Å². The van der Waals surface area contributed by atoms with Crippen molar-refractivity contribution >= 4 is 5.97 Å². The van der Waals surface area contributed by atoms with Gasteiger partial charge in [0.05, 0.1) is 60.3 Å². The fourth-order valence-electron chi connectivity index (χ4n) is 2.96. The molecule has 0 saturated carbocycles. The van der Waals surface area contributed by atoms with E-state index < -0.39 is 5.97 Å². The highest BCUT2D eigenvalue weighted by atomic mass is 35.5. The first-order valence-corrected chi connectivity index (χ1v) is 13.4. The van der Waals surface area contributed by atoms with E-state index in [4.69, 9.17) is 0 Å². The van der Waals surface area contributed by atoms with Crippen LogP contribution in [-0.4, -0.2) is 69.3 Å². The summed E-state index contributed by atoms with van der Waals surface area (Å²) in [6, 6.07) is 0. The van der Waals surface area contributed by atoms with Gasteiger partial charge >= 0.3 is 0 Å². The number of hydrogen-bond acceptors (Lipinski definition) is 2. The van der Waals surface area contributed by atoms with Gasteiger partial charge in [0.15, 0.2) is 0 Å². The van der Waals surface area contributed by atoms with Crippen LogP contribution in [0.25, 0.3) is 0 Å². The summed E-state index contributed by atoms with van der Waals surface area (Å²) < 4.78 is 2.38. The number of unbranched alkanes of at least 4 members (excludes halogenated alkanes) is 10. The molecule has 0 aliphatic rings. The summed E-state index contributed by atoms with van der Waals surface area (Å²) in [7, 11) is 9.30. The highest BCUT2D eigenvalue weighted by molar-refractivity contribution is 5.82. The normalized spacial score (nSPS) is 10.8. The van der Waals surface area contributed by atoms with Gasteiger partial charge in [0.1, 0.15) is 0 Å². The van der Waals surface area contributed by atoms with Gasteiger partial charge in [-0.1, -0.05) is 71.8 Å². The van der Waals surface area contributed by atoms with Crippen LogP contribution in [0.5, 0.6) is 0 Å². The van der Waals surface area contributed by atoms with Gasteiger partial charge in [0.25, 0.3) is 0 Å². The number of carbonyl (C=O) groups is 1. The molecule has 0 aliphatic heterocycles. The number of halogens is 1. The quantitative estimate of drug-likeness (QED) is 0.178. The van der Waals surface area contributed by atoms with E-state index in [1.54, 1.807) is 0 Å². The Hall–Kier alpha value is -0.580. The molecule has 0 rings (SSSR count). The van der Waals surface area contributed by atoms with Crippen LogP contribution < -0.4 is 17.5 Å². The van der Waals surface area contributed by atoms with Crippen LogP contribution in [0.2, 0.25) is 0 Å². The first-order chi connectivity index (χ1) is 14.9. The molecule has 202 valence electrons. The summed E-state index contributed by atoms with van der Waals surface area (Å²) in [6.45, 7) is 18.8. The Bertz CT molecular complexity index is 398. The molecule has 0 bridgehead atoms. The van der Waals surface area contributed by atoms with E-state index in [2.05, 4.69) is 62.5 Å². The zero-order chi connectivity index (χ0) is 25.5. The van der Waals surface area contributed by atoms with Crippen molar-refractivity contribution in [2.45, 2.75) is 112 Å². The molecule has 0 amide bonds. The van der Waals surface area contributed by atoms with Crippen LogP contribution in [-0.2, 0) is 4.79 Å². The number of carbonyl (C=O) groups excluding carboxylic acids is 1. The summed E-state index contributed by atoms with van der Waals surface area (Å²) in [4.78, 5) is 9.49. The van der Waals surface area contributed by atoms with Gasteiger partial charge < -0.3 is 31.3 Å². The Balaban J connectivity index is -0.000000201. The molecule has 0 heterocycles. The second-order valence-electron chi connectivity index (χ2n) is 10.6. The maximum absolute atomic E-state index is 9.49. The lowest BCUT2D eigenvalue weighted by atomic mass is 10.1. The molecular formula is C28H61ClN2O2. The predicted molar refractivity (Wildman–Crippen MR) is 142 cm³/mol. The summed E-state index contributed by atoms with van der Waals surface area (Å²) in [5, 5.41) is 9.49. The van der Waals surface area contributed by atoms with Crippen molar-refractivity contribution in [3.63, 3.8) is 0 Å². The number of hydrogen-bond donors (Lipinski definition) is 0. The molecule has 0 aromatic heterocycles. The van der Waals surface area contributed by atoms with E-state index in [1.165, 1.54) is 119 Å². The lowest BCUT2D eigenvalue weighted by molar-refractivity contribution is -0.888. The minimum Gasteiger partial charge on any atom is -1.00 e. The van der Waals surface area contributed by atoms with Gasteiger partial charge in [-0.2, -0.15) is 0 Å². The third-order valence-corrected chi connectivity index (χ3v) is 6.29. The second kappa shape index (κ2) is 26.0. The molecule has 0 unspecified atom stereocenters. The molecule has 0 radical (unpaired) electrons. The molecule has 0 atom stereocenters. The zero-order valence-electron chi connectivity index (χ0n) is 24.1. The van der Waals surface area contributed by atoms with Crippen molar-refractivity contribution < 1.29 is 31.3 Å². The minimum atomic E-state index is -1.19. The van der Waals surface area contributed by atoms with Crippen LogP contribution in [0.4, 0.5) is 0 Å². The third kappa shape index (κ3) is 36.2. The van der Waals surface area contributed by atoms with E-state index in [0.717, 1.165) is 0 Å². The molecule has 0 spiro atoms. The Kier molecular flexibility index (Phi) is 31.3. The summed E-state index contributed by atoms with van der Waals surface area (Å²) >= 11 is 0. The summed E-state index contributed by atoms with van der Waals surface area (Å²) in [5.41, 5.74) is 0.0648. The molecule has 0 N–H and O–H groups in total. The molecule has 4 nitrogen and oxygen atoms in total. The van der Waals surface area contributed by atoms with Crippen molar-refractivity contribution in [2.75, 3.05) is 54.4 Å². The van der Waals surface area contributed by atoms with Crippen LogP contribution in [0.15, 0.2) is 12.2 Å². The largest absolute Gasteiger partial charge is 1.00 e. The Morgan fingerprint density at radius 3 is 1.09 bits per heavy atom. The molecule has 33 heavy (non-hydrogen) atoms. The average molecular weight is 493 g/mol. The standard InChI is InChI=1S/2C12H28N.C4H6O2.ClH/c2*1-5-7-8-9-10-11-12-13(3,4)6-2;1-3(2)4(5)6;/h2*5-12H2,1-4H3;1H2,2H3,(H,5,6);1H/q2*+1;;/p-2. The monoisotopic (exact) mass is 492 g/mol. The molecule has 5 heteroatoms. The Morgan fingerprint density at radius 2 is 0.879 bits per heavy atom. The van der Waals surface area contributed by atoms with Gasteiger partial charge in [-0.3, -0.25) is 0 Å². The van der Waals surface area contributed by atoms with Gasteiger partial charge in [-0.25, -0.2) is 0 Å². The molecule has 0 aromatic carbocycles. The van der Waals surface area contributed by atoms with Crippen molar-refractivity contribution in [3.05, 3.63) is 12.2 Å². The van der Waals surface area contributed by atoms with Gasteiger partial charge in [-0.15, -0.1) is 0 Å². The predicted octanol–water partition coefficient (Wildman–Crippen LogP) is 3.20. The minimum absolute atomic E-state index is 0. The van der Waals surface area contributed by atoms with Crippen LogP contribution >= 0.6 is 0 Å². The topological polar surface area (TPSA) is 40.1 Å². The number of aliphatic carboxylic acids is 1. The fraction of sp³-hybridized carbons (Fsp3) is 0.893.